The summed E-state index contributed by atoms with van der Waals surface area (Å²) < 4.78 is 0. The Morgan fingerprint density at radius 2 is 1.95 bits per heavy atom. The molecule has 0 amide bonds. The molecule has 2 heterocycles. The zero-order chi connectivity index (χ0) is 13.9. The number of hydrogen-bond donors (Lipinski definition) is 3. The molecule has 0 saturated carbocycles. The van der Waals surface area contributed by atoms with Gasteiger partial charge >= 0.3 is 5.69 Å². The lowest BCUT2D eigenvalue weighted by Gasteiger charge is -2.36. The summed E-state index contributed by atoms with van der Waals surface area (Å²) in [5.41, 5.74) is 8.30. The molecule has 1 aromatic carbocycles. The van der Waals surface area contributed by atoms with Crippen LogP contribution >= 0.6 is 0 Å². The van der Waals surface area contributed by atoms with Crippen LogP contribution in [0.25, 0.3) is 11.0 Å². The fourth-order valence-corrected chi connectivity index (χ4v) is 2.83. The third kappa shape index (κ3) is 2.57. The number of piperazine rings is 1. The fraction of sp³-hybridized carbons (Fsp3) is 0.500. The normalized spacial score (nSPS) is 16.9. The molecule has 1 aliphatic rings. The maximum Gasteiger partial charge on any atom is 0.323 e. The summed E-state index contributed by atoms with van der Waals surface area (Å²) in [5.74, 6) is 0. The van der Waals surface area contributed by atoms with Crippen molar-refractivity contribution in [3.8, 4) is 0 Å². The first-order valence-corrected chi connectivity index (χ1v) is 7.16. The predicted octanol–water partition coefficient (Wildman–Crippen LogP) is 0.327. The van der Waals surface area contributed by atoms with Crippen molar-refractivity contribution in [2.45, 2.75) is 6.42 Å². The molecule has 6 nitrogen and oxygen atoms in total. The molecule has 20 heavy (non-hydrogen) atoms. The van der Waals surface area contributed by atoms with E-state index in [4.69, 9.17) is 5.73 Å². The van der Waals surface area contributed by atoms with Crippen LogP contribution < -0.4 is 16.3 Å². The third-order valence-corrected chi connectivity index (χ3v) is 3.92. The molecule has 1 fully saturated rings. The molecule has 1 aliphatic heterocycles. The Labute approximate surface area is 117 Å². The van der Waals surface area contributed by atoms with Gasteiger partial charge in [-0.1, -0.05) is 6.07 Å². The largest absolute Gasteiger partial charge is 0.367 e. The van der Waals surface area contributed by atoms with Crippen molar-refractivity contribution >= 4 is 16.7 Å². The van der Waals surface area contributed by atoms with Gasteiger partial charge in [0, 0.05) is 26.2 Å². The van der Waals surface area contributed by atoms with E-state index in [0.29, 0.717) is 0 Å². The Hall–Kier alpha value is -1.79. The van der Waals surface area contributed by atoms with E-state index in [9.17, 15) is 4.79 Å². The van der Waals surface area contributed by atoms with Gasteiger partial charge in [-0.15, -0.1) is 0 Å². The highest BCUT2D eigenvalue weighted by atomic mass is 16.1. The van der Waals surface area contributed by atoms with Gasteiger partial charge in [-0.2, -0.15) is 0 Å². The first-order chi connectivity index (χ1) is 9.78. The average molecular weight is 275 g/mol. The molecule has 0 atom stereocenters. The van der Waals surface area contributed by atoms with E-state index < -0.39 is 0 Å². The van der Waals surface area contributed by atoms with Gasteiger partial charge in [0.1, 0.15) is 0 Å². The number of fused-ring (bicyclic) bond motifs is 1. The summed E-state index contributed by atoms with van der Waals surface area (Å²) in [4.78, 5) is 21.9. The number of hydrogen-bond acceptors (Lipinski definition) is 4. The van der Waals surface area contributed by atoms with Crippen LogP contribution in [0.15, 0.2) is 23.0 Å². The highest BCUT2D eigenvalue weighted by Gasteiger charge is 2.18. The summed E-state index contributed by atoms with van der Waals surface area (Å²) in [5, 5.41) is 0. The highest BCUT2D eigenvalue weighted by molar-refractivity contribution is 5.88. The molecule has 0 aliphatic carbocycles. The van der Waals surface area contributed by atoms with E-state index in [1.54, 1.807) is 0 Å². The van der Waals surface area contributed by atoms with Gasteiger partial charge in [-0.05, 0) is 31.6 Å². The van der Waals surface area contributed by atoms with Gasteiger partial charge in [-0.3, -0.25) is 4.90 Å². The van der Waals surface area contributed by atoms with E-state index in [-0.39, 0.29) is 5.69 Å². The number of aromatic amines is 2. The predicted molar refractivity (Wildman–Crippen MR) is 81.2 cm³/mol. The van der Waals surface area contributed by atoms with Crippen LogP contribution in [-0.4, -0.2) is 54.1 Å². The molecule has 0 spiro atoms. The van der Waals surface area contributed by atoms with Gasteiger partial charge in [0.05, 0.1) is 16.7 Å². The summed E-state index contributed by atoms with van der Waals surface area (Å²) >= 11 is 0. The number of H-pyrrole nitrogens is 2. The van der Waals surface area contributed by atoms with E-state index >= 15 is 0 Å². The minimum absolute atomic E-state index is 0.144. The molecular weight excluding hydrogens is 254 g/mol. The maximum absolute atomic E-state index is 11.4. The first-order valence-electron chi connectivity index (χ1n) is 7.16. The second-order valence-corrected chi connectivity index (χ2v) is 5.25. The van der Waals surface area contributed by atoms with E-state index in [1.165, 1.54) is 0 Å². The molecule has 3 rings (SSSR count). The SMILES string of the molecule is NCCCN1CCN(c2cccc3[nH]c(=O)[nH]c23)CC1. The van der Waals surface area contributed by atoms with E-state index in [2.05, 4.69) is 25.8 Å². The molecule has 1 aromatic heterocycles. The number of nitrogens with one attached hydrogen (secondary N) is 2. The zero-order valence-corrected chi connectivity index (χ0v) is 11.6. The highest BCUT2D eigenvalue weighted by Crippen LogP contribution is 2.24. The second-order valence-electron chi connectivity index (χ2n) is 5.25. The Morgan fingerprint density at radius 3 is 2.70 bits per heavy atom. The van der Waals surface area contributed by atoms with Crippen LogP contribution in [-0.2, 0) is 0 Å². The number of para-hydroxylation sites is 1. The van der Waals surface area contributed by atoms with Crippen molar-refractivity contribution in [2.75, 3.05) is 44.2 Å². The molecular formula is C14H21N5O. The standard InChI is InChI=1S/C14H21N5O/c15-5-2-6-18-7-9-19(10-8-18)12-4-1-3-11-13(12)17-14(20)16-11/h1,3-4H,2,5-10,15H2,(H2,16,17,20). The molecule has 0 bridgehead atoms. The number of imidazole rings is 1. The first kappa shape index (κ1) is 13.2. The smallest absolute Gasteiger partial charge is 0.323 e. The van der Waals surface area contributed by atoms with Crippen LogP contribution in [0, 0.1) is 0 Å². The Morgan fingerprint density at radius 1 is 1.15 bits per heavy atom. The van der Waals surface area contributed by atoms with Crippen LogP contribution in [0.3, 0.4) is 0 Å². The number of benzene rings is 1. The lowest BCUT2D eigenvalue weighted by molar-refractivity contribution is 0.256. The van der Waals surface area contributed by atoms with Gasteiger partial charge in [0.25, 0.3) is 0 Å². The van der Waals surface area contributed by atoms with Crippen LogP contribution in [0.2, 0.25) is 0 Å². The summed E-state index contributed by atoms with van der Waals surface area (Å²) in [6, 6.07) is 5.98. The minimum Gasteiger partial charge on any atom is -0.367 e. The summed E-state index contributed by atoms with van der Waals surface area (Å²) in [6.45, 7) is 5.89. The number of nitrogens with zero attached hydrogens (tertiary/aromatic N) is 2. The molecule has 1 saturated heterocycles. The molecule has 4 N–H and O–H groups in total. The van der Waals surface area contributed by atoms with Gasteiger partial charge < -0.3 is 20.6 Å². The molecule has 108 valence electrons. The van der Waals surface area contributed by atoms with E-state index in [0.717, 1.165) is 62.4 Å². The summed E-state index contributed by atoms with van der Waals surface area (Å²) in [6.07, 6.45) is 1.06. The fourth-order valence-electron chi connectivity index (χ4n) is 2.83. The Kier molecular flexibility index (Phi) is 3.75. The lowest BCUT2D eigenvalue weighted by Crippen LogP contribution is -2.47. The third-order valence-electron chi connectivity index (χ3n) is 3.92. The zero-order valence-electron chi connectivity index (χ0n) is 11.6. The molecule has 6 heteroatoms. The molecule has 2 aromatic rings. The number of anilines is 1. The van der Waals surface area contributed by atoms with Crippen LogP contribution in [0.5, 0.6) is 0 Å². The number of aromatic nitrogens is 2. The lowest BCUT2D eigenvalue weighted by atomic mass is 10.2. The van der Waals surface area contributed by atoms with Crippen LogP contribution in [0.1, 0.15) is 6.42 Å². The van der Waals surface area contributed by atoms with Gasteiger partial charge in [0.2, 0.25) is 0 Å². The topological polar surface area (TPSA) is 81.2 Å². The van der Waals surface area contributed by atoms with Gasteiger partial charge in [-0.25, -0.2) is 4.79 Å². The quantitative estimate of drug-likeness (QED) is 0.751. The minimum atomic E-state index is -0.144. The monoisotopic (exact) mass is 275 g/mol. The van der Waals surface area contributed by atoms with Crippen LogP contribution in [0.4, 0.5) is 5.69 Å². The van der Waals surface area contributed by atoms with Crippen molar-refractivity contribution in [1.29, 1.82) is 0 Å². The van der Waals surface area contributed by atoms with Crippen molar-refractivity contribution in [2.24, 2.45) is 5.73 Å². The number of nitrogens with two attached hydrogens (primary N) is 1. The van der Waals surface area contributed by atoms with Crippen molar-refractivity contribution < 1.29 is 0 Å². The van der Waals surface area contributed by atoms with E-state index in [1.807, 2.05) is 12.1 Å². The number of rotatable bonds is 4. The van der Waals surface area contributed by atoms with Crippen molar-refractivity contribution in [3.63, 3.8) is 0 Å². The summed E-state index contributed by atoms with van der Waals surface area (Å²) in [7, 11) is 0. The Bertz CT molecular complexity index is 624. The maximum atomic E-state index is 11.4. The average Bonchev–Trinajstić information content (AvgIpc) is 2.85. The molecule has 0 radical (unpaired) electrons. The van der Waals surface area contributed by atoms with Crippen molar-refractivity contribution in [1.82, 2.24) is 14.9 Å². The molecule has 0 unspecified atom stereocenters. The van der Waals surface area contributed by atoms with Crippen molar-refractivity contribution in [3.05, 3.63) is 28.7 Å². The second kappa shape index (κ2) is 5.68. The van der Waals surface area contributed by atoms with Gasteiger partial charge in [0.15, 0.2) is 0 Å². The Balaban J connectivity index is 1.75.